The maximum atomic E-state index is 14.5. The van der Waals surface area contributed by atoms with Gasteiger partial charge in [-0.2, -0.15) is 0 Å². The summed E-state index contributed by atoms with van der Waals surface area (Å²) in [5.41, 5.74) is 0.830. The Morgan fingerprint density at radius 2 is 1.96 bits per heavy atom. The molecule has 0 saturated heterocycles. The van der Waals surface area contributed by atoms with Crippen LogP contribution in [0.1, 0.15) is 18.4 Å². The lowest BCUT2D eigenvalue weighted by Crippen LogP contribution is -2.39. The molecule has 0 saturated carbocycles. The van der Waals surface area contributed by atoms with Gasteiger partial charge in [0.2, 0.25) is 0 Å². The summed E-state index contributed by atoms with van der Waals surface area (Å²) in [5.74, 6) is -4.02. The first-order valence-electron chi connectivity index (χ1n) is 7.10. The molecule has 24 heavy (non-hydrogen) atoms. The van der Waals surface area contributed by atoms with Gasteiger partial charge in [0.25, 0.3) is 0 Å². The van der Waals surface area contributed by atoms with E-state index in [1.54, 1.807) is 6.92 Å². The normalized spacial score (nSPS) is 20.5. The number of methoxy groups -OCH3 is 2. The van der Waals surface area contributed by atoms with Gasteiger partial charge in [-0.1, -0.05) is 24.2 Å². The number of hydrogen-bond acceptors (Lipinski definition) is 5. The highest BCUT2D eigenvalue weighted by atomic mass is 35.5. The van der Waals surface area contributed by atoms with Crippen LogP contribution < -0.4 is 5.32 Å². The van der Waals surface area contributed by atoms with E-state index in [0.29, 0.717) is 5.70 Å². The molecular weight excluding hydrogens is 337 g/mol. The van der Waals surface area contributed by atoms with Gasteiger partial charge >= 0.3 is 11.9 Å². The summed E-state index contributed by atoms with van der Waals surface area (Å²) < 4.78 is 24.1. The number of carbonyl (C=O) groups excluding carboxylic acids is 2. The predicted octanol–water partition coefficient (Wildman–Crippen LogP) is 2.92. The van der Waals surface area contributed by atoms with Crippen molar-refractivity contribution >= 4 is 23.5 Å². The van der Waals surface area contributed by atoms with Crippen LogP contribution in [0.4, 0.5) is 4.39 Å². The van der Waals surface area contributed by atoms with E-state index in [1.165, 1.54) is 32.4 Å². The number of hydrogen-bond donors (Lipinski definition) is 1. The van der Waals surface area contributed by atoms with Gasteiger partial charge in [0.1, 0.15) is 11.7 Å². The highest BCUT2D eigenvalue weighted by molar-refractivity contribution is 6.31. The summed E-state index contributed by atoms with van der Waals surface area (Å²) in [4.78, 5) is 24.6. The van der Waals surface area contributed by atoms with Crippen molar-refractivity contribution in [3.8, 4) is 0 Å². The third-order valence-corrected chi connectivity index (χ3v) is 4.27. The van der Waals surface area contributed by atoms with Crippen LogP contribution in [0.3, 0.4) is 0 Å². The molecular formula is C17H17ClFNO4. The second kappa shape index (κ2) is 7.05. The minimum Gasteiger partial charge on any atom is -0.468 e. The van der Waals surface area contributed by atoms with Crippen LogP contribution in [0.15, 0.2) is 41.7 Å². The average molecular weight is 354 g/mol. The number of halogens is 2. The van der Waals surface area contributed by atoms with Crippen molar-refractivity contribution in [2.45, 2.75) is 12.8 Å². The third kappa shape index (κ3) is 3.01. The fourth-order valence-corrected chi connectivity index (χ4v) is 3.18. The molecule has 1 N–H and O–H groups in total. The molecule has 0 aliphatic carbocycles. The van der Waals surface area contributed by atoms with Crippen LogP contribution in [0, 0.1) is 11.7 Å². The van der Waals surface area contributed by atoms with Gasteiger partial charge in [0.15, 0.2) is 0 Å². The molecule has 0 bridgehead atoms. The molecule has 1 aliphatic rings. The van der Waals surface area contributed by atoms with E-state index in [-0.39, 0.29) is 21.9 Å². The zero-order valence-corrected chi connectivity index (χ0v) is 14.2. The smallest absolute Gasteiger partial charge is 0.336 e. The number of nitrogens with one attached hydrogen (secondary N) is 1. The summed E-state index contributed by atoms with van der Waals surface area (Å²) in [5, 5.41) is 2.96. The first-order chi connectivity index (χ1) is 11.3. The van der Waals surface area contributed by atoms with Crippen LogP contribution in [-0.4, -0.2) is 26.2 Å². The number of ether oxygens (including phenoxy) is 2. The molecule has 128 valence electrons. The van der Waals surface area contributed by atoms with Gasteiger partial charge in [-0.3, -0.25) is 4.79 Å². The molecule has 2 atom stereocenters. The van der Waals surface area contributed by atoms with Gasteiger partial charge in [-0.05, 0) is 19.1 Å². The molecule has 0 amide bonds. The number of carbonyl (C=O) groups is 2. The summed E-state index contributed by atoms with van der Waals surface area (Å²) in [6.45, 7) is 5.42. The monoisotopic (exact) mass is 353 g/mol. The average Bonchev–Trinajstić information content (AvgIpc) is 2.53. The molecule has 2 unspecified atom stereocenters. The highest BCUT2D eigenvalue weighted by Gasteiger charge is 2.44. The van der Waals surface area contributed by atoms with E-state index in [4.69, 9.17) is 21.1 Å². The van der Waals surface area contributed by atoms with E-state index >= 15 is 0 Å². The minimum atomic E-state index is -1.03. The van der Waals surface area contributed by atoms with E-state index in [2.05, 4.69) is 11.9 Å². The van der Waals surface area contributed by atoms with Crippen LogP contribution in [-0.2, 0) is 19.1 Å². The van der Waals surface area contributed by atoms with Crippen molar-refractivity contribution in [1.82, 2.24) is 5.32 Å². The standard InChI is InChI=1S/C17H17ClFNO4/c1-8-12(16(21)23-3)15(13(9(2)20-8)17(22)24-4)14-10(18)6-5-7-11(14)19/h5-7,12,15,20H,1H2,2-4H3. The summed E-state index contributed by atoms with van der Waals surface area (Å²) in [6.07, 6.45) is 0. The Hall–Kier alpha value is -2.34. The van der Waals surface area contributed by atoms with Gasteiger partial charge in [0.05, 0.1) is 19.8 Å². The molecule has 1 heterocycles. The molecule has 0 fully saturated rings. The van der Waals surface area contributed by atoms with Gasteiger partial charge in [-0.25, -0.2) is 9.18 Å². The topological polar surface area (TPSA) is 64.6 Å². The fraction of sp³-hybridized carbons (Fsp3) is 0.294. The van der Waals surface area contributed by atoms with Crippen LogP contribution in [0.5, 0.6) is 0 Å². The lowest BCUT2D eigenvalue weighted by molar-refractivity contribution is -0.145. The molecule has 5 nitrogen and oxygen atoms in total. The molecule has 2 rings (SSSR count). The zero-order valence-electron chi connectivity index (χ0n) is 13.5. The van der Waals surface area contributed by atoms with Crippen molar-refractivity contribution < 1.29 is 23.5 Å². The second-order valence-corrected chi connectivity index (χ2v) is 5.70. The maximum absolute atomic E-state index is 14.5. The number of esters is 2. The molecule has 7 heteroatoms. The van der Waals surface area contributed by atoms with Gasteiger partial charge < -0.3 is 14.8 Å². The molecule has 0 aromatic heterocycles. The number of benzene rings is 1. The summed E-state index contributed by atoms with van der Waals surface area (Å²) >= 11 is 6.17. The SMILES string of the molecule is C=C1NC(C)=C(C(=O)OC)C(c2c(F)cccc2Cl)C1C(=O)OC. The van der Waals surface area contributed by atoms with E-state index in [0.717, 1.165) is 0 Å². The maximum Gasteiger partial charge on any atom is 0.336 e. The van der Waals surface area contributed by atoms with Crippen molar-refractivity contribution in [2.24, 2.45) is 5.92 Å². The Labute approximate surface area is 144 Å². The Morgan fingerprint density at radius 3 is 2.50 bits per heavy atom. The van der Waals surface area contributed by atoms with E-state index in [9.17, 15) is 14.0 Å². The van der Waals surface area contributed by atoms with Crippen molar-refractivity contribution in [1.29, 1.82) is 0 Å². The van der Waals surface area contributed by atoms with Crippen molar-refractivity contribution in [2.75, 3.05) is 14.2 Å². The molecule has 0 radical (unpaired) electrons. The Bertz CT molecular complexity index is 724. The van der Waals surface area contributed by atoms with Crippen LogP contribution in [0.2, 0.25) is 5.02 Å². The Kier molecular flexibility index (Phi) is 5.29. The van der Waals surface area contributed by atoms with Crippen LogP contribution >= 0.6 is 11.6 Å². The fourth-order valence-electron chi connectivity index (χ4n) is 2.90. The van der Waals surface area contributed by atoms with E-state index < -0.39 is 29.6 Å². The second-order valence-electron chi connectivity index (χ2n) is 5.29. The Balaban J connectivity index is 2.78. The summed E-state index contributed by atoms with van der Waals surface area (Å²) in [6, 6.07) is 4.15. The molecule has 1 aromatic carbocycles. The third-order valence-electron chi connectivity index (χ3n) is 3.94. The predicted molar refractivity (Wildman–Crippen MR) is 86.6 cm³/mol. The lowest BCUT2D eigenvalue weighted by Gasteiger charge is -2.35. The number of allylic oxidation sites excluding steroid dienone is 1. The van der Waals surface area contributed by atoms with Gasteiger partial charge in [-0.15, -0.1) is 0 Å². The zero-order chi connectivity index (χ0) is 18.0. The molecule has 0 spiro atoms. The minimum absolute atomic E-state index is 0.0250. The Morgan fingerprint density at radius 1 is 1.29 bits per heavy atom. The highest BCUT2D eigenvalue weighted by Crippen LogP contribution is 2.44. The van der Waals surface area contributed by atoms with Gasteiger partial charge in [0, 0.05) is 27.9 Å². The summed E-state index contributed by atoms with van der Waals surface area (Å²) in [7, 11) is 2.41. The first-order valence-corrected chi connectivity index (χ1v) is 7.47. The van der Waals surface area contributed by atoms with Crippen LogP contribution in [0.25, 0.3) is 0 Å². The van der Waals surface area contributed by atoms with Crippen molar-refractivity contribution in [3.05, 3.63) is 58.1 Å². The van der Waals surface area contributed by atoms with E-state index in [1.807, 2.05) is 0 Å². The van der Waals surface area contributed by atoms with Crippen molar-refractivity contribution in [3.63, 3.8) is 0 Å². The quantitative estimate of drug-likeness (QED) is 0.846. The largest absolute Gasteiger partial charge is 0.468 e. The number of rotatable bonds is 3. The lowest BCUT2D eigenvalue weighted by atomic mass is 9.75. The molecule has 1 aliphatic heterocycles. The first kappa shape index (κ1) is 18.0. The molecule has 1 aromatic rings.